The van der Waals surface area contributed by atoms with Crippen LogP contribution in [0.15, 0.2) is 30.5 Å². The first-order valence-corrected chi connectivity index (χ1v) is 6.39. The Kier molecular flexibility index (Phi) is 4.12. The molecule has 0 aliphatic rings. The Hall–Kier alpha value is -1.94. The first-order valence-electron chi connectivity index (χ1n) is 6.39. The lowest BCUT2D eigenvalue weighted by atomic mass is 10.1. The molecule has 4 nitrogen and oxygen atoms in total. The standard InChI is InChI=1S/C15H20N4/c1-11-5-6-13(9-12(11)2)19(4)15-7-8-17-14(18-15)10-16-3/h5-9,16H,10H2,1-4H3. The minimum atomic E-state index is 0.675. The zero-order valence-electron chi connectivity index (χ0n) is 11.9. The van der Waals surface area contributed by atoms with Crippen molar-refractivity contribution >= 4 is 11.5 Å². The van der Waals surface area contributed by atoms with Gasteiger partial charge in [-0.3, -0.25) is 0 Å². The Morgan fingerprint density at radius 3 is 2.63 bits per heavy atom. The van der Waals surface area contributed by atoms with E-state index in [9.17, 15) is 0 Å². The molecule has 1 aromatic heterocycles. The van der Waals surface area contributed by atoms with E-state index in [0.29, 0.717) is 6.54 Å². The number of anilines is 2. The number of aromatic nitrogens is 2. The number of nitrogens with one attached hydrogen (secondary N) is 1. The summed E-state index contributed by atoms with van der Waals surface area (Å²) in [6.07, 6.45) is 1.80. The summed E-state index contributed by atoms with van der Waals surface area (Å²) < 4.78 is 0. The highest BCUT2D eigenvalue weighted by molar-refractivity contribution is 5.60. The predicted octanol–water partition coefficient (Wildman–Crippen LogP) is 2.58. The van der Waals surface area contributed by atoms with Crippen LogP contribution in [0.2, 0.25) is 0 Å². The van der Waals surface area contributed by atoms with E-state index in [4.69, 9.17) is 0 Å². The van der Waals surface area contributed by atoms with Crippen LogP contribution in [0.4, 0.5) is 11.5 Å². The van der Waals surface area contributed by atoms with Gasteiger partial charge in [0.05, 0.1) is 6.54 Å². The number of aryl methyl sites for hydroxylation is 2. The molecule has 2 rings (SSSR count). The van der Waals surface area contributed by atoms with Crippen LogP contribution < -0.4 is 10.2 Å². The Balaban J connectivity index is 2.29. The molecule has 4 heteroatoms. The van der Waals surface area contributed by atoms with Crippen molar-refractivity contribution in [3.05, 3.63) is 47.4 Å². The van der Waals surface area contributed by atoms with Crippen molar-refractivity contribution in [2.24, 2.45) is 0 Å². The summed E-state index contributed by atoms with van der Waals surface area (Å²) in [5.74, 6) is 1.71. The summed E-state index contributed by atoms with van der Waals surface area (Å²) in [4.78, 5) is 10.9. The van der Waals surface area contributed by atoms with Gasteiger partial charge in [0.25, 0.3) is 0 Å². The molecule has 2 aromatic rings. The first-order chi connectivity index (χ1) is 9.11. The number of nitrogens with zero attached hydrogens (tertiary/aromatic N) is 3. The fourth-order valence-electron chi connectivity index (χ4n) is 1.88. The number of hydrogen-bond donors (Lipinski definition) is 1. The van der Waals surface area contributed by atoms with E-state index >= 15 is 0 Å². The molecular weight excluding hydrogens is 236 g/mol. The fourth-order valence-corrected chi connectivity index (χ4v) is 1.88. The van der Waals surface area contributed by atoms with Crippen molar-refractivity contribution in [3.63, 3.8) is 0 Å². The average molecular weight is 256 g/mol. The number of rotatable bonds is 4. The van der Waals surface area contributed by atoms with Crippen LogP contribution >= 0.6 is 0 Å². The second-order valence-electron chi connectivity index (χ2n) is 4.69. The van der Waals surface area contributed by atoms with Crippen LogP contribution in [0.3, 0.4) is 0 Å². The molecule has 0 saturated carbocycles. The molecule has 0 unspecified atom stereocenters. The van der Waals surface area contributed by atoms with Crippen molar-refractivity contribution in [3.8, 4) is 0 Å². The van der Waals surface area contributed by atoms with Gasteiger partial charge in [0.1, 0.15) is 11.6 Å². The quantitative estimate of drug-likeness (QED) is 0.913. The highest BCUT2D eigenvalue weighted by Crippen LogP contribution is 2.23. The maximum Gasteiger partial charge on any atom is 0.144 e. The lowest BCUT2D eigenvalue weighted by Crippen LogP contribution is -2.15. The number of hydrogen-bond acceptors (Lipinski definition) is 4. The van der Waals surface area contributed by atoms with E-state index in [1.54, 1.807) is 6.20 Å². The maximum atomic E-state index is 4.54. The molecule has 1 heterocycles. The number of benzene rings is 1. The van der Waals surface area contributed by atoms with E-state index in [1.807, 2.05) is 20.2 Å². The minimum absolute atomic E-state index is 0.675. The van der Waals surface area contributed by atoms with Gasteiger partial charge >= 0.3 is 0 Å². The molecule has 1 aromatic carbocycles. The van der Waals surface area contributed by atoms with Gasteiger partial charge in [0.2, 0.25) is 0 Å². The second-order valence-corrected chi connectivity index (χ2v) is 4.69. The first kappa shape index (κ1) is 13.5. The van der Waals surface area contributed by atoms with Gasteiger partial charge in [-0.1, -0.05) is 6.07 Å². The topological polar surface area (TPSA) is 41.1 Å². The molecular formula is C15H20N4. The molecule has 0 radical (unpaired) electrons. The van der Waals surface area contributed by atoms with E-state index in [-0.39, 0.29) is 0 Å². The third-order valence-electron chi connectivity index (χ3n) is 3.25. The summed E-state index contributed by atoms with van der Waals surface area (Å²) in [5, 5.41) is 3.06. The third-order valence-corrected chi connectivity index (χ3v) is 3.25. The second kappa shape index (κ2) is 5.80. The van der Waals surface area contributed by atoms with Crippen LogP contribution in [0, 0.1) is 13.8 Å². The van der Waals surface area contributed by atoms with Crippen LogP contribution in [0.5, 0.6) is 0 Å². The third kappa shape index (κ3) is 3.09. The lowest BCUT2D eigenvalue weighted by molar-refractivity contribution is 0.757. The highest BCUT2D eigenvalue weighted by atomic mass is 15.2. The van der Waals surface area contributed by atoms with Crippen LogP contribution in [0.1, 0.15) is 17.0 Å². The fraction of sp³-hybridized carbons (Fsp3) is 0.333. The molecule has 0 amide bonds. The normalized spacial score (nSPS) is 10.5. The van der Waals surface area contributed by atoms with Gasteiger partial charge in [-0.15, -0.1) is 0 Å². The molecule has 0 saturated heterocycles. The van der Waals surface area contributed by atoms with Crippen LogP contribution in [-0.2, 0) is 6.54 Å². The van der Waals surface area contributed by atoms with Gasteiger partial charge in [-0.25, -0.2) is 9.97 Å². The predicted molar refractivity (Wildman–Crippen MR) is 78.8 cm³/mol. The molecule has 100 valence electrons. The van der Waals surface area contributed by atoms with Gasteiger partial charge in [-0.2, -0.15) is 0 Å². The Labute approximate surface area is 114 Å². The van der Waals surface area contributed by atoms with E-state index in [2.05, 4.69) is 52.2 Å². The summed E-state index contributed by atoms with van der Waals surface area (Å²) in [7, 11) is 3.92. The lowest BCUT2D eigenvalue weighted by Gasteiger charge is -2.19. The smallest absolute Gasteiger partial charge is 0.144 e. The van der Waals surface area contributed by atoms with Gasteiger partial charge in [0, 0.05) is 18.9 Å². The van der Waals surface area contributed by atoms with Crippen LogP contribution in [0.25, 0.3) is 0 Å². The zero-order chi connectivity index (χ0) is 13.8. The molecule has 0 bridgehead atoms. The maximum absolute atomic E-state index is 4.54. The SMILES string of the molecule is CNCc1nccc(N(C)c2ccc(C)c(C)c2)n1. The molecule has 0 aliphatic heterocycles. The van der Waals surface area contributed by atoms with E-state index in [0.717, 1.165) is 17.3 Å². The molecule has 0 fully saturated rings. The Morgan fingerprint density at radius 2 is 1.95 bits per heavy atom. The molecule has 0 atom stereocenters. The van der Waals surface area contributed by atoms with Crippen LogP contribution in [-0.4, -0.2) is 24.1 Å². The summed E-state index contributed by atoms with van der Waals surface area (Å²) in [6.45, 7) is 4.92. The summed E-state index contributed by atoms with van der Waals surface area (Å²) in [6, 6.07) is 8.35. The van der Waals surface area contributed by atoms with Gasteiger partial charge < -0.3 is 10.2 Å². The molecule has 0 aliphatic carbocycles. The molecule has 1 N–H and O–H groups in total. The van der Waals surface area contributed by atoms with Gasteiger partial charge in [0.15, 0.2) is 0 Å². The highest BCUT2D eigenvalue weighted by Gasteiger charge is 2.07. The molecule has 0 spiro atoms. The zero-order valence-corrected chi connectivity index (χ0v) is 11.9. The minimum Gasteiger partial charge on any atom is -0.329 e. The van der Waals surface area contributed by atoms with Crippen molar-refractivity contribution in [1.82, 2.24) is 15.3 Å². The average Bonchev–Trinajstić information content (AvgIpc) is 2.42. The van der Waals surface area contributed by atoms with Crippen molar-refractivity contribution in [2.75, 3.05) is 19.0 Å². The largest absolute Gasteiger partial charge is 0.329 e. The molecule has 19 heavy (non-hydrogen) atoms. The Morgan fingerprint density at radius 1 is 1.16 bits per heavy atom. The summed E-state index contributed by atoms with van der Waals surface area (Å²) in [5.41, 5.74) is 3.72. The van der Waals surface area contributed by atoms with Gasteiger partial charge in [-0.05, 0) is 50.2 Å². The van der Waals surface area contributed by atoms with Crippen molar-refractivity contribution < 1.29 is 0 Å². The summed E-state index contributed by atoms with van der Waals surface area (Å²) >= 11 is 0. The van der Waals surface area contributed by atoms with Crippen molar-refractivity contribution in [1.29, 1.82) is 0 Å². The van der Waals surface area contributed by atoms with E-state index < -0.39 is 0 Å². The van der Waals surface area contributed by atoms with E-state index in [1.165, 1.54) is 11.1 Å². The Bertz CT molecular complexity index is 566. The van der Waals surface area contributed by atoms with Crippen molar-refractivity contribution in [2.45, 2.75) is 20.4 Å². The monoisotopic (exact) mass is 256 g/mol.